The smallest absolute Gasteiger partial charge is 0.416 e. The maximum atomic E-state index is 12.9. The Labute approximate surface area is 167 Å². The van der Waals surface area contributed by atoms with Gasteiger partial charge in [0.2, 0.25) is 0 Å². The van der Waals surface area contributed by atoms with Gasteiger partial charge in [0.1, 0.15) is 5.75 Å². The Morgan fingerprint density at radius 3 is 2.48 bits per heavy atom. The normalized spacial score (nSPS) is 12.7. The molecule has 0 bridgehead atoms. The molecule has 8 heteroatoms. The van der Waals surface area contributed by atoms with E-state index in [0.717, 1.165) is 23.9 Å². The molecule has 1 aromatic carbocycles. The van der Waals surface area contributed by atoms with Gasteiger partial charge in [0.25, 0.3) is 0 Å². The van der Waals surface area contributed by atoms with Crippen molar-refractivity contribution in [3.05, 3.63) is 41.6 Å². The molecule has 0 unspecified atom stereocenters. The minimum atomic E-state index is -4.52. The number of benzene rings is 1. The minimum Gasteiger partial charge on any atom is -0.507 e. The zero-order valence-corrected chi connectivity index (χ0v) is 16.8. The molecular weight excluding hydrogens is 383 g/mol. The Morgan fingerprint density at radius 1 is 1.14 bits per heavy atom. The number of hydrogen-bond acceptors (Lipinski definition) is 4. The van der Waals surface area contributed by atoms with Gasteiger partial charge in [-0.15, -0.1) is 0 Å². The van der Waals surface area contributed by atoms with E-state index in [1.807, 2.05) is 27.0 Å². The van der Waals surface area contributed by atoms with Crippen LogP contribution in [0, 0.1) is 6.92 Å². The highest BCUT2D eigenvalue weighted by Crippen LogP contribution is 2.38. The summed E-state index contributed by atoms with van der Waals surface area (Å²) in [5.74, 6) is -0.456. The van der Waals surface area contributed by atoms with Crippen LogP contribution in [0.25, 0.3) is 22.3 Å². The largest absolute Gasteiger partial charge is 0.507 e. The van der Waals surface area contributed by atoms with Crippen LogP contribution in [0.15, 0.2) is 30.5 Å². The Hall–Kier alpha value is -2.61. The predicted octanol–water partition coefficient (Wildman–Crippen LogP) is 5.34. The lowest BCUT2D eigenvalue weighted by molar-refractivity contribution is -0.137. The lowest BCUT2D eigenvalue weighted by Crippen LogP contribution is -2.20. The van der Waals surface area contributed by atoms with Crippen molar-refractivity contribution in [2.75, 3.05) is 6.61 Å². The first kappa shape index (κ1) is 21.1. The lowest BCUT2D eigenvalue weighted by Gasteiger charge is -2.19. The molecule has 156 valence electrons. The second-order valence-electron chi connectivity index (χ2n) is 8.00. The molecule has 0 fully saturated rings. The molecule has 3 rings (SSSR count). The Morgan fingerprint density at radius 2 is 1.86 bits per heavy atom. The van der Waals surface area contributed by atoms with Crippen LogP contribution in [0.4, 0.5) is 13.2 Å². The van der Waals surface area contributed by atoms with Gasteiger partial charge in [-0.2, -0.15) is 18.3 Å². The summed E-state index contributed by atoms with van der Waals surface area (Å²) < 4.78 is 46.3. The highest BCUT2D eigenvalue weighted by atomic mass is 19.4. The van der Waals surface area contributed by atoms with Crippen LogP contribution in [0.1, 0.15) is 38.3 Å². The average molecular weight is 407 g/mol. The van der Waals surface area contributed by atoms with Gasteiger partial charge in [0.05, 0.1) is 16.9 Å². The second-order valence-corrected chi connectivity index (χ2v) is 8.00. The van der Waals surface area contributed by atoms with Crippen molar-refractivity contribution in [2.24, 2.45) is 0 Å². The van der Waals surface area contributed by atoms with E-state index in [0.29, 0.717) is 30.1 Å². The Balaban J connectivity index is 1.83. The van der Waals surface area contributed by atoms with E-state index in [9.17, 15) is 18.3 Å². The number of ether oxygens (including phenoxy) is 1. The van der Waals surface area contributed by atoms with Gasteiger partial charge < -0.3 is 9.84 Å². The molecule has 1 N–H and O–H groups in total. The fourth-order valence-electron chi connectivity index (χ4n) is 3.08. The number of phenols is 1. The molecule has 0 aliphatic rings. The number of aryl methyl sites for hydroxylation is 2. The second kappa shape index (κ2) is 7.67. The summed E-state index contributed by atoms with van der Waals surface area (Å²) in [6.07, 6.45) is -1.87. The molecular formula is C21H24F3N3O2. The van der Waals surface area contributed by atoms with Gasteiger partial charge in [0, 0.05) is 30.3 Å². The summed E-state index contributed by atoms with van der Waals surface area (Å²) in [5, 5.41) is 15.4. The summed E-state index contributed by atoms with van der Waals surface area (Å²) in [6.45, 7) is 8.78. The molecule has 0 radical (unpaired) electrons. The van der Waals surface area contributed by atoms with Crippen molar-refractivity contribution in [2.45, 2.75) is 52.4 Å². The summed E-state index contributed by atoms with van der Waals surface area (Å²) in [6, 6.07) is 5.20. The molecule has 0 atom stereocenters. The van der Waals surface area contributed by atoms with Crippen molar-refractivity contribution in [3.63, 3.8) is 0 Å². The number of phenolic OH excluding ortho intramolecular Hbond substituents is 1. The summed E-state index contributed by atoms with van der Waals surface area (Å²) in [4.78, 5) is 4.44. The van der Waals surface area contributed by atoms with E-state index in [2.05, 4.69) is 10.1 Å². The Bertz CT molecular complexity index is 997. The van der Waals surface area contributed by atoms with Gasteiger partial charge in [-0.1, -0.05) is 0 Å². The molecule has 0 aliphatic heterocycles. The van der Waals surface area contributed by atoms with Crippen molar-refractivity contribution in [3.8, 4) is 17.0 Å². The highest BCUT2D eigenvalue weighted by molar-refractivity contribution is 5.80. The fourth-order valence-corrected chi connectivity index (χ4v) is 3.08. The average Bonchev–Trinajstić information content (AvgIpc) is 2.98. The molecule has 0 aliphatic carbocycles. The number of fused-ring (bicyclic) bond motifs is 1. The Kier molecular flexibility index (Phi) is 5.58. The fraction of sp³-hybridized carbons (Fsp3) is 0.429. The predicted molar refractivity (Wildman–Crippen MR) is 105 cm³/mol. The van der Waals surface area contributed by atoms with E-state index in [1.165, 1.54) is 6.92 Å². The van der Waals surface area contributed by atoms with Crippen LogP contribution in [0.3, 0.4) is 0 Å². The van der Waals surface area contributed by atoms with Gasteiger partial charge in [-0.25, -0.2) is 4.98 Å². The number of nitrogens with zero attached hydrogens (tertiary/aromatic N) is 3. The number of aromatic hydroxyl groups is 1. The van der Waals surface area contributed by atoms with E-state index in [-0.39, 0.29) is 11.2 Å². The van der Waals surface area contributed by atoms with Crippen LogP contribution < -0.4 is 0 Å². The molecule has 5 nitrogen and oxygen atoms in total. The van der Waals surface area contributed by atoms with Gasteiger partial charge in [-0.3, -0.25) is 4.68 Å². The summed E-state index contributed by atoms with van der Waals surface area (Å²) in [5.41, 5.74) is 0.336. The van der Waals surface area contributed by atoms with Gasteiger partial charge >= 0.3 is 6.18 Å². The quantitative estimate of drug-likeness (QED) is 0.580. The number of rotatable bonds is 5. The standard InChI is InChI=1S/C21H24F3N3O2/c1-13-10-15(21(22,23)24)11-17(28)18(13)16-7-6-14-12-27(26-19(14)25-16)8-5-9-29-20(2,3)4/h6-7,10-12,28H,5,8-9H2,1-4H3. The first-order valence-electron chi connectivity index (χ1n) is 9.33. The van der Waals surface area contributed by atoms with Crippen molar-refractivity contribution < 1.29 is 23.0 Å². The van der Waals surface area contributed by atoms with Crippen LogP contribution in [-0.2, 0) is 17.5 Å². The molecule has 2 heterocycles. The van der Waals surface area contributed by atoms with Crippen LogP contribution in [0.5, 0.6) is 5.75 Å². The lowest BCUT2D eigenvalue weighted by atomic mass is 10.00. The van der Waals surface area contributed by atoms with E-state index in [1.54, 1.807) is 16.8 Å². The van der Waals surface area contributed by atoms with Crippen LogP contribution >= 0.6 is 0 Å². The monoisotopic (exact) mass is 407 g/mol. The van der Waals surface area contributed by atoms with E-state index >= 15 is 0 Å². The van der Waals surface area contributed by atoms with Crippen molar-refractivity contribution >= 4 is 11.0 Å². The minimum absolute atomic E-state index is 0.188. The first-order chi connectivity index (χ1) is 13.4. The van der Waals surface area contributed by atoms with Crippen molar-refractivity contribution in [1.82, 2.24) is 14.8 Å². The highest BCUT2D eigenvalue weighted by Gasteiger charge is 2.32. The van der Waals surface area contributed by atoms with E-state index < -0.39 is 17.5 Å². The molecule has 3 aromatic rings. The summed E-state index contributed by atoms with van der Waals surface area (Å²) in [7, 11) is 0. The first-order valence-corrected chi connectivity index (χ1v) is 9.33. The van der Waals surface area contributed by atoms with Crippen molar-refractivity contribution in [1.29, 1.82) is 0 Å². The summed E-state index contributed by atoms with van der Waals surface area (Å²) >= 11 is 0. The third-order valence-corrected chi connectivity index (χ3v) is 4.38. The number of hydrogen-bond donors (Lipinski definition) is 1. The number of alkyl halides is 3. The van der Waals surface area contributed by atoms with Crippen LogP contribution in [0.2, 0.25) is 0 Å². The molecule has 2 aromatic heterocycles. The SMILES string of the molecule is Cc1cc(C(F)(F)F)cc(O)c1-c1ccc2cn(CCCOC(C)(C)C)nc2n1. The number of aromatic nitrogens is 3. The zero-order valence-electron chi connectivity index (χ0n) is 16.8. The van der Waals surface area contributed by atoms with Gasteiger partial charge in [-0.05, 0) is 63.9 Å². The number of halogens is 3. The van der Waals surface area contributed by atoms with E-state index in [4.69, 9.17) is 4.74 Å². The topological polar surface area (TPSA) is 60.2 Å². The maximum absolute atomic E-state index is 12.9. The number of pyridine rings is 1. The molecule has 29 heavy (non-hydrogen) atoms. The van der Waals surface area contributed by atoms with Gasteiger partial charge in [0.15, 0.2) is 5.65 Å². The maximum Gasteiger partial charge on any atom is 0.416 e. The third-order valence-electron chi connectivity index (χ3n) is 4.38. The molecule has 0 saturated carbocycles. The van der Waals surface area contributed by atoms with Crippen LogP contribution in [-0.4, -0.2) is 32.1 Å². The zero-order chi connectivity index (χ0) is 21.4. The molecule has 0 amide bonds. The molecule has 0 spiro atoms. The molecule has 0 saturated heterocycles. The third kappa shape index (κ3) is 5.06.